The van der Waals surface area contributed by atoms with Crippen LogP contribution in [0, 0.1) is 5.82 Å². The van der Waals surface area contributed by atoms with Gasteiger partial charge >= 0.3 is 5.69 Å². The second-order valence-corrected chi connectivity index (χ2v) is 5.71. The van der Waals surface area contributed by atoms with Crippen LogP contribution in [0.15, 0.2) is 59.4 Å². The molecule has 0 aliphatic heterocycles. The summed E-state index contributed by atoms with van der Waals surface area (Å²) in [6.45, 7) is 1.38. The molecule has 2 amide bonds. The number of nitrogens with zero attached hydrogens (tertiary/aromatic N) is 1. The quantitative estimate of drug-likeness (QED) is 0.660. The van der Waals surface area contributed by atoms with Crippen molar-refractivity contribution in [2.75, 3.05) is 10.6 Å². The normalized spacial score (nSPS) is 10.3. The van der Waals surface area contributed by atoms with Crippen molar-refractivity contribution in [3.05, 3.63) is 76.6 Å². The summed E-state index contributed by atoms with van der Waals surface area (Å²) in [6, 6.07) is 13.4. The van der Waals surface area contributed by atoms with Crippen molar-refractivity contribution in [2.45, 2.75) is 6.92 Å². The minimum absolute atomic E-state index is 0.000690. The molecule has 3 aromatic rings. The fourth-order valence-electron chi connectivity index (χ4n) is 2.42. The van der Waals surface area contributed by atoms with Gasteiger partial charge in [0.05, 0.1) is 5.69 Å². The Hall–Kier alpha value is -3.81. The molecule has 0 bridgehead atoms. The number of rotatable bonds is 4. The average Bonchev–Trinajstić information content (AvgIpc) is 2.61. The fraction of sp³-hybridized carbons (Fsp3) is 0.0526. The zero-order chi connectivity index (χ0) is 19.4. The first-order valence-corrected chi connectivity index (χ1v) is 7.97. The van der Waals surface area contributed by atoms with Crippen molar-refractivity contribution < 1.29 is 14.0 Å². The predicted octanol–water partition coefficient (Wildman–Crippen LogP) is 2.79. The topological polar surface area (TPSA) is 104 Å². The van der Waals surface area contributed by atoms with Crippen molar-refractivity contribution in [2.24, 2.45) is 0 Å². The van der Waals surface area contributed by atoms with Crippen LogP contribution < -0.4 is 16.3 Å². The van der Waals surface area contributed by atoms with E-state index >= 15 is 0 Å². The first-order valence-electron chi connectivity index (χ1n) is 7.97. The van der Waals surface area contributed by atoms with Gasteiger partial charge in [0.25, 0.3) is 5.91 Å². The van der Waals surface area contributed by atoms with Crippen LogP contribution >= 0.6 is 0 Å². The minimum Gasteiger partial charge on any atom is -0.326 e. The van der Waals surface area contributed by atoms with E-state index in [1.807, 2.05) is 0 Å². The Bertz CT molecular complexity index is 1060. The summed E-state index contributed by atoms with van der Waals surface area (Å²) in [5, 5.41) is 5.25. The molecule has 7 nitrogen and oxygen atoms in total. The molecule has 8 heteroatoms. The molecule has 2 aromatic carbocycles. The highest BCUT2D eigenvalue weighted by atomic mass is 19.1. The number of amides is 2. The number of carbonyl (C=O) groups is 2. The van der Waals surface area contributed by atoms with Crippen LogP contribution in [0.1, 0.15) is 17.4 Å². The van der Waals surface area contributed by atoms with Crippen LogP contribution in [-0.4, -0.2) is 21.8 Å². The molecule has 0 atom stereocenters. The number of hydrogen-bond donors (Lipinski definition) is 3. The second kappa shape index (κ2) is 7.61. The Balaban J connectivity index is 1.86. The summed E-state index contributed by atoms with van der Waals surface area (Å²) < 4.78 is 13.1. The van der Waals surface area contributed by atoms with E-state index in [-0.39, 0.29) is 17.3 Å². The summed E-state index contributed by atoms with van der Waals surface area (Å²) in [6.07, 6.45) is 0. The predicted molar refractivity (Wildman–Crippen MR) is 99.0 cm³/mol. The summed E-state index contributed by atoms with van der Waals surface area (Å²) in [7, 11) is 0. The van der Waals surface area contributed by atoms with Gasteiger partial charge in [0.1, 0.15) is 11.5 Å². The van der Waals surface area contributed by atoms with E-state index in [4.69, 9.17) is 0 Å². The fourth-order valence-corrected chi connectivity index (χ4v) is 2.42. The molecule has 1 aromatic heterocycles. The number of aromatic amines is 1. The SMILES string of the molecule is CC(=O)Nc1cccc(NC(=O)c2cc(-c3ccc(F)cc3)nc(=O)[nH]2)c1. The van der Waals surface area contributed by atoms with Gasteiger partial charge in [-0.1, -0.05) is 6.07 Å². The number of anilines is 2. The summed E-state index contributed by atoms with van der Waals surface area (Å²) >= 11 is 0. The van der Waals surface area contributed by atoms with E-state index in [1.54, 1.807) is 24.3 Å². The molecule has 3 N–H and O–H groups in total. The Kier molecular flexibility index (Phi) is 5.07. The van der Waals surface area contributed by atoms with E-state index in [9.17, 15) is 18.8 Å². The Morgan fingerprint density at radius 3 is 2.33 bits per heavy atom. The largest absolute Gasteiger partial charge is 0.346 e. The van der Waals surface area contributed by atoms with Gasteiger partial charge in [-0.05, 0) is 48.5 Å². The molecule has 3 rings (SSSR count). The maximum absolute atomic E-state index is 13.1. The zero-order valence-corrected chi connectivity index (χ0v) is 14.2. The number of carbonyl (C=O) groups excluding carboxylic acids is 2. The van der Waals surface area contributed by atoms with Crippen LogP contribution in [-0.2, 0) is 4.79 Å². The zero-order valence-electron chi connectivity index (χ0n) is 14.2. The lowest BCUT2D eigenvalue weighted by atomic mass is 10.1. The van der Waals surface area contributed by atoms with E-state index in [1.165, 1.54) is 37.3 Å². The lowest BCUT2D eigenvalue weighted by Gasteiger charge is -2.08. The number of nitrogens with one attached hydrogen (secondary N) is 3. The van der Waals surface area contributed by atoms with Gasteiger partial charge < -0.3 is 15.6 Å². The molecule has 0 spiro atoms. The van der Waals surface area contributed by atoms with Crippen LogP contribution in [0.25, 0.3) is 11.3 Å². The van der Waals surface area contributed by atoms with Crippen molar-refractivity contribution in [3.8, 4) is 11.3 Å². The summed E-state index contributed by atoms with van der Waals surface area (Å²) in [4.78, 5) is 41.6. The maximum atomic E-state index is 13.1. The lowest BCUT2D eigenvalue weighted by molar-refractivity contribution is -0.114. The molecule has 0 fully saturated rings. The van der Waals surface area contributed by atoms with Crippen LogP contribution in [0.5, 0.6) is 0 Å². The van der Waals surface area contributed by atoms with Crippen molar-refractivity contribution in [3.63, 3.8) is 0 Å². The molecule has 1 heterocycles. The number of halogens is 1. The first kappa shape index (κ1) is 18.0. The van der Waals surface area contributed by atoms with Gasteiger partial charge in [0.15, 0.2) is 0 Å². The molecular formula is C19H15FN4O3. The summed E-state index contributed by atoms with van der Waals surface area (Å²) in [5.74, 6) is -1.21. The molecule has 0 saturated heterocycles. The number of benzene rings is 2. The van der Waals surface area contributed by atoms with Crippen LogP contribution in [0.2, 0.25) is 0 Å². The van der Waals surface area contributed by atoms with Crippen molar-refractivity contribution >= 4 is 23.2 Å². The van der Waals surface area contributed by atoms with E-state index < -0.39 is 17.4 Å². The molecule has 136 valence electrons. The minimum atomic E-state index is -0.700. The highest BCUT2D eigenvalue weighted by Crippen LogP contribution is 2.18. The maximum Gasteiger partial charge on any atom is 0.346 e. The molecule has 0 radical (unpaired) electrons. The molecular weight excluding hydrogens is 351 g/mol. The van der Waals surface area contributed by atoms with Gasteiger partial charge in [-0.2, -0.15) is 4.98 Å². The average molecular weight is 366 g/mol. The lowest BCUT2D eigenvalue weighted by Crippen LogP contribution is -2.21. The van der Waals surface area contributed by atoms with E-state index in [0.717, 1.165) is 0 Å². The Labute approximate surface area is 153 Å². The molecule has 27 heavy (non-hydrogen) atoms. The monoisotopic (exact) mass is 366 g/mol. The highest BCUT2D eigenvalue weighted by Gasteiger charge is 2.11. The second-order valence-electron chi connectivity index (χ2n) is 5.71. The van der Waals surface area contributed by atoms with Crippen molar-refractivity contribution in [1.82, 2.24) is 9.97 Å². The number of H-pyrrole nitrogens is 1. The van der Waals surface area contributed by atoms with Crippen molar-refractivity contribution in [1.29, 1.82) is 0 Å². The third-order valence-electron chi connectivity index (χ3n) is 3.57. The number of hydrogen-bond acceptors (Lipinski definition) is 4. The van der Waals surface area contributed by atoms with E-state index in [0.29, 0.717) is 16.9 Å². The third-order valence-corrected chi connectivity index (χ3v) is 3.57. The van der Waals surface area contributed by atoms with E-state index in [2.05, 4.69) is 20.6 Å². The smallest absolute Gasteiger partial charge is 0.326 e. The first-order chi connectivity index (χ1) is 12.9. The van der Waals surface area contributed by atoms with Crippen LogP contribution in [0.3, 0.4) is 0 Å². The Morgan fingerprint density at radius 1 is 1.00 bits per heavy atom. The number of aromatic nitrogens is 2. The molecule has 0 aliphatic carbocycles. The summed E-state index contributed by atoms with van der Waals surface area (Å²) in [5.41, 5.74) is 1.01. The molecule has 0 unspecified atom stereocenters. The molecule has 0 aliphatic rings. The van der Waals surface area contributed by atoms with Gasteiger partial charge in [-0.3, -0.25) is 9.59 Å². The van der Waals surface area contributed by atoms with Gasteiger partial charge in [-0.15, -0.1) is 0 Å². The van der Waals surface area contributed by atoms with Gasteiger partial charge in [0.2, 0.25) is 5.91 Å². The van der Waals surface area contributed by atoms with Gasteiger partial charge in [-0.25, -0.2) is 9.18 Å². The standard InChI is InChI=1S/C19H15FN4O3/c1-11(25)21-14-3-2-4-15(9-14)22-18(26)17-10-16(23-19(27)24-17)12-5-7-13(20)8-6-12/h2-10H,1H3,(H,21,25)(H,22,26)(H,23,24,27). The third kappa shape index (κ3) is 4.63. The highest BCUT2D eigenvalue weighted by molar-refractivity contribution is 6.03. The molecule has 0 saturated carbocycles. The Morgan fingerprint density at radius 2 is 1.67 bits per heavy atom. The van der Waals surface area contributed by atoms with Crippen LogP contribution in [0.4, 0.5) is 15.8 Å². The van der Waals surface area contributed by atoms with Gasteiger partial charge in [0, 0.05) is 23.9 Å².